The monoisotopic (exact) mass is 347 g/mol. The van der Waals surface area contributed by atoms with Crippen LogP contribution in [0, 0.1) is 6.92 Å². The molecule has 0 radical (unpaired) electrons. The van der Waals surface area contributed by atoms with Crippen LogP contribution in [0.5, 0.6) is 0 Å². The molecule has 0 aliphatic heterocycles. The highest BCUT2D eigenvalue weighted by molar-refractivity contribution is 7.11. The summed E-state index contributed by atoms with van der Waals surface area (Å²) >= 11 is 1.60. The molecule has 1 unspecified atom stereocenters. The molecule has 1 atom stereocenters. The number of likely N-dealkylation sites (N-methyl/N-ethyl adjacent to an activating group) is 1. The molecular formula is C14H19Cl2N3OS. The number of carbonyl (C=O) groups is 1. The minimum absolute atomic E-state index is 0. The summed E-state index contributed by atoms with van der Waals surface area (Å²) < 4.78 is 0. The highest BCUT2D eigenvalue weighted by Gasteiger charge is 2.20. The molecule has 0 bridgehead atoms. The van der Waals surface area contributed by atoms with Gasteiger partial charge in [-0.05, 0) is 12.5 Å². The number of benzene rings is 1. The zero-order chi connectivity index (χ0) is 13.8. The Morgan fingerprint density at radius 2 is 1.95 bits per heavy atom. The molecule has 7 heteroatoms. The molecule has 2 aromatic rings. The predicted molar refractivity (Wildman–Crippen MR) is 91.2 cm³/mol. The van der Waals surface area contributed by atoms with E-state index >= 15 is 0 Å². The first kappa shape index (κ1) is 19.9. The van der Waals surface area contributed by atoms with Crippen LogP contribution in [0.25, 0.3) is 0 Å². The summed E-state index contributed by atoms with van der Waals surface area (Å²) in [4.78, 5) is 19.1. The topological polar surface area (TPSA) is 59.2 Å². The molecule has 0 spiro atoms. The van der Waals surface area contributed by atoms with E-state index in [-0.39, 0.29) is 30.7 Å². The van der Waals surface area contributed by atoms with Crippen LogP contribution in [-0.4, -0.2) is 22.8 Å². The third kappa shape index (κ3) is 5.28. The third-order valence-corrected chi connectivity index (χ3v) is 3.76. The fraction of sp³-hybridized carbons (Fsp3) is 0.286. The maximum absolute atomic E-state index is 12.2. The van der Waals surface area contributed by atoms with Gasteiger partial charge >= 0.3 is 0 Å². The molecule has 1 aromatic carbocycles. The van der Waals surface area contributed by atoms with Crippen LogP contribution in [0.4, 0.5) is 0 Å². The van der Waals surface area contributed by atoms with E-state index in [0.717, 1.165) is 15.4 Å². The second kappa shape index (κ2) is 9.00. The van der Waals surface area contributed by atoms with Gasteiger partial charge in [0, 0.05) is 18.1 Å². The molecule has 21 heavy (non-hydrogen) atoms. The van der Waals surface area contributed by atoms with Crippen LogP contribution in [0.15, 0.2) is 36.5 Å². The van der Waals surface area contributed by atoms with Gasteiger partial charge in [-0.15, -0.1) is 36.2 Å². The normalized spacial score (nSPS) is 11.0. The molecule has 1 amide bonds. The zero-order valence-corrected chi connectivity index (χ0v) is 14.3. The first-order valence-electron chi connectivity index (χ1n) is 6.04. The Kier molecular flexibility index (Phi) is 8.51. The molecule has 116 valence electrons. The van der Waals surface area contributed by atoms with Gasteiger partial charge in [0.25, 0.3) is 0 Å². The van der Waals surface area contributed by atoms with Crippen LogP contribution in [-0.2, 0) is 11.3 Å². The first-order chi connectivity index (χ1) is 9.08. The fourth-order valence-corrected chi connectivity index (χ4v) is 2.68. The minimum atomic E-state index is -0.611. The van der Waals surface area contributed by atoms with E-state index in [4.69, 9.17) is 5.73 Å². The van der Waals surface area contributed by atoms with E-state index in [1.54, 1.807) is 29.5 Å². The fourth-order valence-electron chi connectivity index (χ4n) is 1.83. The number of rotatable bonds is 4. The zero-order valence-electron chi connectivity index (χ0n) is 11.9. The van der Waals surface area contributed by atoms with Crippen molar-refractivity contribution in [1.29, 1.82) is 0 Å². The Bertz CT molecular complexity index is 562. The van der Waals surface area contributed by atoms with Gasteiger partial charge in [-0.25, -0.2) is 4.98 Å². The highest BCUT2D eigenvalue weighted by atomic mass is 35.5. The number of nitrogens with zero attached hydrogens (tertiary/aromatic N) is 2. The van der Waals surface area contributed by atoms with Gasteiger partial charge in [-0.1, -0.05) is 30.3 Å². The van der Waals surface area contributed by atoms with Gasteiger partial charge in [-0.3, -0.25) is 4.79 Å². The number of aromatic nitrogens is 1. The molecule has 0 aliphatic rings. The van der Waals surface area contributed by atoms with Crippen molar-refractivity contribution in [2.24, 2.45) is 5.73 Å². The minimum Gasteiger partial charge on any atom is -0.339 e. The Hall–Kier alpha value is -1.14. The van der Waals surface area contributed by atoms with E-state index in [1.807, 2.05) is 37.3 Å². The lowest BCUT2D eigenvalue weighted by Crippen LogP contribution is -2.35. The van der Waals surface area contributed by atoms with Gasteiger partial charge in [0.2, 0.25) is 5.91 Å². The second-order valence-electron chi connectivity index (χ2n) is 4.43. The van der Waals surface area contributed by atoms with Crippen LogP contribution >= 0.6 is 36.2 Å². The number of amides is 1. The number of aryl methyl sites for hydroxylation is 1. The molecule has 4 nitrogen and oxygen atoms in total. The summed E-state index contributed by atoms with van der Waals surface area (Å²) in [6.45, 7) is 2.50. The second-order valence-corrected chi connectivity index (χ2v) is 5.75. The lowest BCUT2D eigenvalue weighted by atomic mass is 10.1. The van der Waals surface area contributed by atoms with Crippen LogP contribution < -0.4 is 5.73 Å². The van der Waals surface area contributed by atoms with Crippen molar-refractivity contribution in [1.82, 2.24) is 9.88 Å². The van der Waals surface area contributed by atoms with Crippen molar-refractivity contribution in [3.05, 3.63) is 52.0 Å². The molecule has 1 heterocycles. The summed E-state index contributed by atoms with van der Waals surface area (Å²) in [5, 5.41) is 1.00. The van der Waals surface area contributed by atoms with Crippen LogP contribution in [0.3, 0.4) is 0 Å². The lowest BCUT2D eigenvalue weighted by Gasteiger charge is -2.20. The average molecular weight is 348 g/mol. The van der Waals surface area contributed by atoms with E-state index in [0.29, 0.717) is 6.54 Å². The highest BCUT2D eigenvalue weighted by Crippen LogP contribution is 2.17. The quantitative estimate of drug-likeness (QED) is 0.924. The van der Waals surface area contributed by atoms with Gasteiger partial charge in [0.1, 0.15) is 6.04 Å². The predicted octanol–water partition coefficient (Wildman–Crippen LogP) is 2.95. The number of hydrogen-bond donors (Lipinski definition) is 1. The standard InChI is InChI=1S/C14H17N3OS.2ClH/c1-10-16-8-12(19-10)9-17(2)14(18)13(15)11-6-4-3-5-7-11;;/h3-8,13H,9,15H2,1-2H3;2*1H. The van der Waals surface area contributed by atoms with Crippen molar-refractivity contribution in [2.75, 3.05) is 7.05 Å². The van der Waals surface area contributed by atoms with Crippen LogP contribution in [0.1, 0.15) is 21.5 Å². The first-order valence-corrected chi connectivity index (χ1v) is 6.86. The molecule has 1 aromatic heterocycles. The number of nitrogens with two attached hydrogens (primary N) is 1. The maximum Gasteiger partial charge on any atom is 0.244 e. The van der Waals surface area contributed by atoms with Crippen molar-refractivity contribution < 1.29 is 4.79 Å². The summed E-state index contributed by atoms with van der Waals surface area (Å²) in [5.41, 5.74) is 6.83. The van der Waals surface area contributed by atoms with Crippen molar-refractivity contribution >= 4 is 42.1 Å². The van der Waals surface area contributed by atoms with Crippen molar-refractivity contribution in [2.45, 2.75) is 19.5 Å². The largest absolute Gasteiger partial charge is 0.339 e. The van der Waals surface area contributed by atoms with Gasteiger partial charge in [-0.2, -0.15) is 0 Å². The number of thiazole rings is 1. The van der Waals surface area contributed by atoms with Crippen molar-refractivity contribution in [3.8, 4) is 0 Å². The lowest BCUT2D eigenvalue weighted by molar-refractivity contribution is -0.131. The van der Waals surface area contributed by atoms with Gasteiger partial charge in [0.15, 0.2) is 0 Å². The summed E-state index contributed by atoms with van der Waals surface area (Å²) in [6, 6.07) is 8.80. The molecule has 2 N–H and O–H groups in total. The Morgan fingerprint density at radius 1 is 1.33 bits per heavy atom. The third-order valence-electron chi connectivity index (χ3n) is 2.86. The smallest absolute Gasteiger partial charge is 0.244 e. The summed E-state index contributed by atoms with van der Waals surface area (Å²) in [6.07, 6.45) is 1.80. The molecular weight excluding hydrogens is 329 g/mol. The molecule has 2 rings (SSSR count). The Balaban J connectivity index is 0.00000200. The number of carbonyl (C=O) groups excluding carboxylic acids is 1. The SMILES string of the molecule is Cc1ncc(CN(C)C(=O)C(N)c2ccccc2)s1.Cl.Cl. The molecule has 0 fully saturated rings. The van der Waals surface area contributed by atoms with E-state index in [1.165, 1.54) is 0 Å². The van der Waals surface area contributed by atoms with E-state index in [2.05, 4.69) is 4.98 Å². The summed E-state index contributed by atoms with van der Waals surface area (Å²) in [7, 11) is 1.76. The number of hydrogen-bond acceptors (Lipinski definition) is 4. The molecule has 0 saturated heterocycles. The van der Waals surface area contributed by atoms with Gasteiger partial charge < -0.3 is 10.6 Å². The van der Waals surface area contributed by atoms with Crippen LogP contribution in [0.2, 0.25) is 0 Å². The van der Waals surface area contributed by atoms with E-state index < -0.39 is 6.04 Å². The summed E-state index contributed by atoms with van der Waals surface area (Å²) in [5.74, 6) is -0.0859. The van der Waals surface area contributed by atoms with Crippen molar-refractivity contribution in [3.63, 3.8) is 0 Å². The maximum atomic E-state index is 12.2. The Morgan fingerprint density at radius 3 is 2.48 bits per heavy atom. The number of halogens is 2. The Labute approximate surface area is 141 Å². The average Bonchev–Trinajstić information content (AvgIpc) is 2.83. The molecule has 0 aliphatic carbocycles. The van der Waals surface area contributed by atoms with E-state index in [9.17, 15) is 4.79 Å². The molecule has 0 saturated carbocycles. The van der Waals surface area contributed by atoms with Gasteiger partial charge in [0.05, 0.1) is 11.6 Å².